The molecule has 2 aromatic carbocycles. The van der Waals surface area contributed by atoms with Gasteiger partial charge in [-0.1, -0.05) is 75.2 Å². The zero-order valence-corrected chi connectivity index (χ0v) is 23.8. The summed E-state index contributed by atoms with van der Waals surface area (Å²) in [6, 6.07) is 14.6. The number of nitrogens with zero attached hydrogens (tertiary/aromatic N) is 1. The first-order chi connectivity index (χ1) is 17.0. The van der Waals surface area contributed by atoms with Crippen molar-refractivity contribution >= 4 is 45.9 Å². The van der Waals surface area contributed by atoms with E-state index in [1.807, 2.05) is 81.1 Å². The number of hydrogen-bond donors (Lipinski definition) is 0. The highest BCUT2D eigenvalue weighted by atomic mass is 35.5. The fourth-order valence-electron chi connectivity index (χ4n) is 5.11. The Labute approximate surface area is 226 Å². The second-order valence-corrected chi connectivity index (χ2v) is 13.0. The molecule has 8 heteroatoms. The van der Waals surface area contributed by atoms with Crippen LogP contribution in [-0.4, -0.2) is 45.1 Å². The van der Waals surface area contributed by atoms with Gasteiger partial charge in [-0.25, -0.2) is 0 Å². The number of rotatable bonds is 9. The third-order valence-electron chi connectivity index (χ3n) is 7.10. The summed E-state index contributed by atoms with van der Waals surface area (Å²) in [4.78, 5) is 28.7. The first kappa shape index (κ1) is 28.7. The number of ether oxygens (including phenoxy) is 1. The minimum Gasteiger partial charge on any atom is -0.469 e. The lowest BCUT2D eigenvalue weighted by Gasteiger charge is -2.52. The predicted octanol–water partition coefficient (Wildman–Crippen LogP) is 6.56. The molecule has 2 aromatic rings. The Bertz CT molecular complexity index is 1110. The number of carbonyl (C=O) groups is 2. The summed E-state index contributed by atoms with van der Waals surface area (Å²) in [7, 11) is 0.218. The standard InChI is InChI=1S/C28H35Cl2NO4S/c1-6-23(17-36(34)18(2)3)31-26(19-10-12-21(29)13-11-19)24(20-8-7-9-22(30)14-20)15-28(4,27(31)33)16-25(32)35-5/h7-14,18,23-24,26H,6,15-17H2,1-5H3. The maximum absolute atomic E-state index is 14.3. The van der Waals surface area contributed by atoms with Gasteiger partial charge in [-0.15, -0.1) is 0 Å². The number of carbonyl (C=O) groups excluding carboxylic acids is 2. The van der Waals surface area contributed by atoms with Gasteiger partial charge in [0.25, 0.3) is 0 Å². The van der Waals surface area contributed by atoms with E-state index >= 15 is 0 Å². The molecule has 1 aliphatic rings. The van der Waals surface area contributed by atoms with E-state index in [1.165, 1.54) is 7.11 Å². The monoisotopic (exact) mass is 551 g/mol. The van der Waals surface area contributed by atoms with E-state index in [4.69, 9.17) is 27.9 Å². The third-order valence-corrected chi connectivity index (χ3v) is 9.35. The molecule has 1 saturated heterocycles. The van der Waals surface area contributed by atoms with Gasteiger partial charge in [-0.3, -0.25) is 13.8 Å². The van der Waals surface area contributed by atoms with Crippen molar-refractivity contribution in [1.82, 2.24) is 4.90 Å². The van der Waals surface area contributed by atoms with E-state index in [0.717, 1.165) is 11.1 Å². The van der Waals surface area contributed by atoms with Gasteiger partial charge in [0.2, 0.25) is 5.91 Å². The molecule has 0 saturated carbocycles. The molecular formula is C28H35Cl2NO4S. The van der Waals surface area contributed by atoms with Crippen molar-refractivity contribution in [3.05, 3.63) is 69.7 Å². The Morgan fingerprint density at radius 3 is 2.36 bits per heavy atom. The number of esters is 1. The Hall–Kier alpha value is -1.89. The van der Waals surface area contributed by atoms with Gasteiger partial charge in [0.05, 0.1) is 25.0 Å². The van der Waals surface area contributed by atoms with Crippen LogP contribution in [0.25, 0.3) is 0 Å². The first-order valence-corrected chi connectivity index (χ1v) is 14.4. The topological polar surface area (TPSA) is 63.7 Å². The highest BCUT2D eigenvalue weighted by Gasteiger charge is 2.52. The summed E-state index contributed by atoms with van der Waals surface area (Å²) in [6.07, 6.45) is 1.03. The van der Waals surface area contributed by atoms with Crippen LogP contribution in [0.15, 0.2) is 48.5 Å². The number of benzene rings is 2. The van der Waals surface area contributed by atoms with Gasteiger partial charge in [-0.05, 0) is 48.2 Å². The van der Waals surface area contributed by atoms with Gasteiger partial charge < -0.3 is 9.64 Å². The van der Waals surface area contributed by atoms with Gasteiger partial charge >= 0.3 is 5.97 Å². The second-order valence-electron chi connectivity index (χ2n) is 10.0. The molecule has 0 N–H and O–H groups in total. The first-order valence-electron chi connectivity index (χ1n) is 12.3. The van der Waals surface area contributed by atoms with E-state index in [1.54, 1.807) is 0 Å². The normalized spacial score (nSPS) is 24.0. The minimum atomic E-state index is -1.12. The van der Waals surface area contributed by atoms with Crippen LogP contribution in [0.1, 0.15) is 70.0 Å². The van der Waals surface area contributed by atoms with Crippen LogP contribution in [-0.2, 0) is 25.1 Å². The van der Waals surface area contributed by atoms with E-state index in [9.17, 15) is 13.8 Å². The molecule has 1 amide bonds. The molecular weight excluding hydrogens is 517 g/mol. The Balaban J connectivity index is 2.23. The average molecular weight is 553 g/mol. The van der Waals surface area contributed by atoms with E-state index in [2.05, 4.69) is 0 Å². The molecule has 0 aromatic heterocycles. The van der Waals surface area contributed by atoms with Crippen molar-refractivity contribution in [2.45, 2.75) is 70.2 Å². The van der Waals surface area contributed by atoms with Crippen LogP contribution >= 0.6 is 23.2 Å². The SMILES string of the molecule is CCC(CS(=O)C(C)C)N1C(=O)C(C)(CC(=O)OC)CC(c2cccc(Cl)c2)C1c1ccc(Cl)cc1. The fraction of sp³-hybridized carbons (Fsp3) is 0.500. The molecule has 3 rings (SSSR count). The van der Waals surface area contributed by atoms with Crippen molar-refractivity contribution in [1.29, 1.82) is 0 Å². The summed E-state index contributed by atoms with van der Waals surface area (Å²) in [5.74, 6) is -0.350. The maximum atomic E-state index is 14.3. The molecule has 5 atom stereocenters. The third kappa shape index (κ3) is 6.32. The number of methoxy groups -OCH3 is 1. The fourth-order valence-corrected chi connectivity index (χ4v) is 6.60. The van der Waals surface area contributed by atoms with Crippen LogP contribution in [0, 0.1) is 5.41 Å². The summed E-state index contributed by atoms with van der Waals surface area (Å²) in [5.41, 5.74) is 0.929. The molecule has 1 fully saturated rings. The molecule has 196 valence electrons. The molecule has 0 aliphatic carbocycles. The predicted molar refractivity (Wildman–Crippen MR) is 147 cm³/mol. The van der Waals surface area contributed by atoms with Crippen molar-refractivity contribution in [3.8, 4) is 0 Å². The quantitative estimate of drug-likeness (QED) is 0.331. The largest absolute Gasteiger partial charge is 0.469 e. The molecule has 36 heavy (non-hydrogen) atoms. The van der Waals surface area contributed by atoms with Gasteiger partial charge in [-0.2, -0.15) is 0 Å². The van der Waals surface area contributed by atoms with Gasteiger partial charge in [0.1, 0.15) is 0 Å². The smallest absolute Gasteiger partial charge is 0.306 e. The van der Waals surface area contributed by atoms with Crippen molar-refractivity contribution in [2.75, 3.05) is 12.9 Å². The van der Waals surface area contributed by atoms with Crippen LogP contribution in [0.3, 0.4) is 0 Å². The number of amides is 1. The Morgan fingerprint density at radius 2 is 1.81 bits per heavy atom. The van der Waals surface area contributed by atoms with Crippen LogP contribution in [0.5, 0.6) is 0 Å². The molecule has 1 aliphatic heterocycles. The zero-order valence-electron chi connectivity index (χ0n) is 21.5. The number of halogens is 2. The van der Waals surface area contributed by atoms with Crippen LogP contribution in [0.4, 0.5) is 0 Å². The zero-order chi connectivity index (χ0) is 26.6. The molecule has 1 heterocycles. The minimum absolute atomic E-state index is 0.0295. The Kier molecular flexibility index (Phi) is 9.64. The highest BCUT2D eigenvalue weighted by Crippen LogP contribution is 2.52. The Morgan fingerprint density at radius 1 is 1.14 bits per heavy atom. The maximum Gasteiger partial charge on any atom is 0.306 e. The van der Waals surface area contributed by atoms with Crippen molar-refractivity contribution in [3.63, 3.8) is 0 Å². The molecule has 5 unspecified atom stereocenters. The molecule has 5 nitrogen and oxygen atoms in total. The van der Waals surface area contributed by atoms with Crippen LogP contribution < -0.4 is 0 Å². The van der Waals surface area contributed by atoms with Gasteiger partial charge in [0.15, 0.2) is 0 Å². The highest BCUT2D eigenvalue weighted by molar-refractivity contribution is 7.85. The molecule has 0 radical (unpaired) electrons. The number of likely N-dealkylation sites (tertiary alicyclic amines) is 1. The summed E-state index contributed by atoms with van der Waals surface area (Å²) in [6.45, 7) is 7.69. The lowest BCUT2D eigenvalue weighted by molar-refractivity contribution is -0.161. The van der Waals surface area contributed by atoms with Crippen LogP contribution in [0.2, 0.25) is 10.0 Å². The lowest BCUT2D eigenvalue weighted by Crippen LogP contribution is -2.57. The average Bonchev–Trinajstić information content (AvgIpc) is 2.84. The lowest BCUT2D eigenvalue weighted by atomic mass is 9.67. The van der Waals surface area contributed by atoms with E-state index in [-0.39, 0.29) is 35.6 Å². The van der Waals surface area contributed by atoms with E-state index < -0.39 is 22.2 Å². The summed E-state index contributed by atoms with van der Waals surface area (Å²) >= 11 is 12.6. The van der Waals surface area contributed by atoms with Crippen molar-refractivity contribution < 1.29 is 18.5 Å². The molecule has 0 bridgehead atoms. The van der Waals surface area contributed by atoms with Gasteiger partial charge in [0, 0.05) is 43.8 Å². The molecule has 0 spiro atoms. The van der Waals surface area contributed by atoms with E-state index in [0.29, 0.717) is 28.6 Å². The number of hydrogen-bond acceptors (Lipinski definition) is 4. The summed E-state index contributed by atoms with van der Waals surface area (Å²) in [5, 5.41) is 1.18. The van der Waals surface area contributed by atoms with Crippen molar-refractivity contribution in [2.24, 2.45) is 5.41 Å². The number of piperidine rings is 1. The second kappa shape index (κ2) is 12.1. The summed E-state index contributed by atoms with van der Waals surface area (Å²) < 4.78 is 18.0.